The van der Waals surface area contributed by atoms with Gasteiger partial charge in [-0.1, -0.05) is 5.01 Å². The Morgan fingerprint density at radius 3 is 1.48 bits per heavy atom. The van der Waals surface area contributed by atoms with Gasteiger partial charge in [0.05, 0.1) is 34.0 Å². The minimum absolute atomic E-state index is 0. The summed E-state index contributed by atoms with van der Waals surface area (Å²) < 4.78 is 0. The predicted molar refractivity (Wildman–Crippen MR) is 69.0 cm³/mol. The van der Waals surface area contributed by atoms with Crippen molar-refractivity contribution in [3.63, 3.8) is 0 Å². The van der Waals surface area contributed by atoms with Crippen molar-refractivity contribution < 1.29 is 19.8 Å². The molecule has 0 amide bonds. The molecule has 0 radical (unpaired) electrons. The molecule has 0 N–H and O–H groups in total. The van der Waals surface area contributed by atoms with Crippen molar-refractivity contribution in [3.05, 3.63) is 52.6 Å². The van der Waals surface area contributed by atoms with E-state index in [1.54, 1.807) is 0 Å². The molecule has 0 saturated heterocycles. The van der Waals surface area contributed by atoms with Crippen molar-refractivity contribution in [1.29, 1.82) is 0 Å². The SMILES string of the molecule is CN(c1c([N+](=O)[O-])cc([N+](=O)[O-])cc1[N+](=O)[O-])[N+](=O)[O-].[KH]. The van der Waals surface area contributed by atoms with Crippen molar-refractivity contribution in [2.45, 2.75) is 0 Å². The first-order valence-electron chi connectivity index (χ1n) is 4.66. The Balaban J connectivity index is 0.00000400. The molecule has 0 fully saturated rings. The van der Waals surface area contributed by atoms with E-state index < -0.39 is 42.6 Å². The first-order chi connectivity index (χ1) is 9.16. The number of hydrogen-bond donors (Lipinski definition) is 0. The van der Waals surface area contributed by atoms with Crippen LogP contribution < -0.4 is 5.01 Å². The van der Waals surface area contributed by atoms with E-state index in [-0.39, 0.29) is 56.4 Å². The summed E-state index contributed by atoms with van der Waals surface area (Å²) in [7, 11) is 0.751. The third kappa shape index (κ3) is 4.11. The van der Waals surface area contributed by atoms with Crippen LogP contribution >= 0.6 is 0 Å². The molecule has 1 aromatic rings. The molecular formula is C7H6KN5O8. The molecule has 0 aliphatic carbocycles. The summed E-state index contributed by atoms with van der Waals surface area (Å²) in [5.74, 6) is 0. The molecule has 0 spiro atoms. The molecule has 0 aromatic heterocycles. The van der Waals surface area contributed by atoms with Gasteiger partial charge in [-0.2, -0.15) is 0 Å². The van der Waals surface area contributed by atoms with Gasteiger partial charge in [0.1, 0.15) is 0 Å². The molecule has 0 atom stereocenters. The summed E-state index contributed by atoms with van der Waals surface area (Å²) in [6.07, 6.45) is 0. The Morgan fingerprint density at radius 1 is 0.857 bits per heavy atom. The van der Waals surface area contributed by atoms with Crippen LogP contribution in [0.4, 0.5) is 22.7 Å². The third-order valence-electron chi connectivity index (χ3n) is 2.23. The van der Waals surface area contributed by atoms with E-state index >= 15 is 0 Å². The molecule has 13 nitrogen and oxygen atoms in total. The van der Waals surface area contributed by atoms with E-state index in [0.29, 0.717) is 12.1 Å². The van der Waals surface area contributed by atoms with Gasteiger partial charge in [0, 0.05) is 0 Å². The van der Waals surface area contributed by atoms with E-state index in [0.717, 1.165) is 7.05 Å². The Morgan fingerprint density at radius 2 is 1.24 bits per heavy atom. The topological polar surface area (TPSA) is 176 Å². The molecule has 0 aliphatic rings. The van der Waals surface area contributed by atoms with Gasteiger partial charge in [0.15, 0.2) is 5.03 Å². The summed E-state index contributed by atoms with van der Waals surface area (Å²) in [4.78, 5) is 39.4. The zero-order valence-corrected chi connectivity index (χ0v) is 9.66. The number of nitro groups is 4. The maximum atomic E-state index is 10.8. The van der Waals surface area contributed by atoms with E-state index in [9.17, 15) is 40.5 Å². The van der Waals surface area contributed by atoms with Crippen molar-refractivity contribution >= 4 is 74.1 Å². The third-order valence-corrected chi connectivity index (χ3v) is 2.23. The number of rotatable bonds is 5. The zero-order chi connectivity index (χ0) is 15.6. The number of nitro benzene ring substituents is 3. The molecule has 0 aliphatic heterocycles. The normalized spacial score (nSPS) is 9.38. The Bertz CT molecular complexity index is 598. The molecule has 108 valence electrons. The molecule has 0 bridgehead atoms. The van der Waals surface area contributed by atoms with E-state index in [4.69, 9.17) is 0 Å². The fourth-order valence-electron chi connectivity index (χ4n) is 1.39. The van der Waals surface area contributed by atoms with Crippen LogP contribution in [0.1, 0.15) is 0 Å². The van der Waals surface area contributed by atoms with Gasteiger partial charge in [-0.3, -0.25) is 30.3 Å². The number of hydrogen-bond acceptors (Lipinski definition) is 8. The van der Waals surface area contributed by atoms with Crippen LogP contribution in [0.3, 0.4) is 0 Å². The zero-order valence-electron chi connectivity index (χ0n) is 9.66. The molecule has 0 saturated carbocycles. The van der Waals surface area contributed by atoms with Gasteiger partial charge in [0.25, 0.3) is 11.4 Å². The summed E-state index contributed by atoms with van der Waals surface area (Å²) in [5.41, 5.74) is -4.07. The number of benzene rings is 1. The number of nitrogens with zero attached hydrogens (tertiary/aromatic N) is 5. The molecule has 14 heteroatoms. The van der Waals surface area contributed by atoms with Gasteiger partial charge < -0.3 is 0 Å². The van der Waals surface area contributed by atoms with E-state index in [2.05, 4.69) is 0 Å². The average molecular weight is 327 g/mol. The van der Waals surface area contributed by atoms with Crippen LogP contribution in [0.5, 0.6) is 0 Å². The fraction of sp³-hybridized carbons (Fsp3) is 0.143. The van der Waals surface area contributed by atoms with Crippen molar-refractivity contribution in [2.24, 2.45) is 0 Å². The van der Waals surface area contributed by atoms with Crippen molar-refractivity contribution in [2.75, 3.05) is 12.1 Å². The first kappa shape index (κ1) is 19.3. The molecule has 0 unspecified atom stereocenters. The van der Waals surface area contributed by atoms with Crippen LogP contribution in [0, 0.1) is 40.5 Å². The average Bonchev–Trinajstić information content (AvgIpc) is 2.35. The summed E-state index contributed by atoms with van der Waals surface area (Å²) in [6, 6.07) is 0.838. The molecule has 21 heavy (non-hydrogen) atoms. The minimum atomic E-state index is -1.17. The van der Waals surface area contributed by atoms with Crippen LogP contribution in [-0.4, -0.2) is 78.2 Å². The summed E-state index contributed by atoms with van der Waals surface area (Å²) in [5, 5.41) is 41.7. The number of hydrazine groups is 1. The monoisotopic (exact) mass is 327 g/mol. The van der Waals surface area contributed by atoms with Gasteiger partial charge in [-0.15, -0.1) is 0 Å². The van der Waals surface area contributed by atoms with Gasteiger partial charge in [-0.25, -0.2) is 10.1 Å². The maximum absolute atomic E-state index is 10.8. The van der Waals surface area contributed by atoms with E-state index in [1.165, 1.54) is 0 Å². The summed E-state index contributed by atoms with van der Waals surface area (Å²) in [6.45, 7) is 0. The second-order valence-corrected chi connectivity index (χ2v) is 3.37. The van der Waals surface area contributed by atoms with E-state index in [1.807, 2.05) is 0 Å². The van der Waals surface area contributed by atoms with Gasteiger partial charge >= 0.3 is 62.8 Å². The van der Waals surface area contributed by atoms with Crippen LogP contribution in [-0.2, 0) is 0 Å². The Hall–Kier alpha value is -1.74. The van der Waals surface area contributed by atoms with Crippen LogP contribution in [0.2, 0.25) is 0 Å². The molecular weight excluding hydrogens is 321 g/mol. The Labute approximate surface area is 157 Å². The second-order valence-electron chi connectivity index (χ2n) is 3.37. The van der Waals surface area contributed by atoms with Gasteiger partial charge in [0.2, 0.25) is 0 Å². The van der Waals surface area contributed by atoms with Gasteiger partial charge in [-0.05, 0) is 0 Å². The number of anilines is 1. The number of non-ortho nitro benzene ring substituents is 1. The molecule has 1 rings (SSSR count). The van der Waals surface area contributed by atoms with Crippen LogP contribution in [0.25, 0.3) is 0 Å². The standard InChI is InChI=1S/C7H5N5O8.K.H/c1-8(12(19)20)7-5(10(15)16)2-4(9(13)14)3-6(7)11(17)18;;/h2-3H,1H3;;. The summed E-state index contributed by atoms with van der Waals surface area (Å²) >= 11 is 0. The molecule has 0 heterocycles. The van der Waals surface area contributed by atoms with Crippen molar-refractivity contribution in [3.8, 4) is 0 Å². The Kier molecular flexibility index (Phi) is 6.71. The van der Waals surface area contributed by atoms with Crippen LogP contribution in [0.15, 0.2) is 12.1 Å². The quantitative estimate of drug-likeness (QED) is 0.420. The van der Waals surface area contributed by atoms with Crippen molar-refractivity contribution in [1.82, 2.24) is 0 Å². The predicted octanol–water partition coefficient (Wildman–Crippen LogP) is 0.391. The second kappa shape index (κ2) is 7.32. The first-order valence-corrected chi connectivity index (χ1v) is 4.66. The fourth-order valence-corrected chi connectivity index (χ4v) is 1.39. The molecule has 1 aromatic carbocycles.